The first-order chi connectivity index (χ1) is 13.4. The van der Waals surface area contributed by atoms with Crippen molar-refractivity contribution in [3.05, 3.63) is 76.9 Å². The van der Waals surface area contributed by atoms with Gasteiger partial charge in [-0.2, -0.15) is 0 Å². The molecule has 0 bridgehead atoms. The largest absolute Gasteiger partial charge is 0.508 e. The van der Waals surface area contributed by atoms with Crippen LogP contribution in [0.4, 0.5) is 0 Å². The number of hydrogen-bond donors (Lipinski definition) is 4. The van der Waals surface area contributed by atoms with Gasteiger partial charge < -0.3 is 25.2 Å². The summed E-state index contributed by atoms with van der Waals surface area (Å²) in [5.74, 6) is -0.629. The molecule has 0 aromatic heterocycles. The van der Waals surface area contributed by atoms with Crippen LogP contribution in [-0.2, 0) is 6.42 Å². The number of ether oxygens (including phenoxy) is 1. The van der Waals surface area contributed by atoms with E-state index in [1.807, 2.05) is 0 Å². The van der Waals surface area contributed by atoms with E-state index in [4.69, 9.17) is 4.74 Å². The molecule has 142 valence electrons. The summed E-state index contributed by atoms with van der Waals surface area (Å²) in [5, 5.41) is 40.4. The van der Waals surface area contributed by atoms with Crippen molar-refractivity contribution in [3.8, 4) is 28.7 Å². The zero-order chi connectivity index (χ0) is 19.8. The second-order valence-electron chi connectivity index (χ2n) is 6.73. The van der Waals surface area contributed by atoms with Crippen LogP contribution < -0.4 is 4.74 Å². The highest BCUT2D eigenvalue weighted by Crippen LogP contribution is 2.45. The van der Waals surface area contributed by atoms with Crippen molar-refractivity contribution in [3.63, 3.8) is 0 Å². The van der Waals surface area contributed by atoms with Crippen LogP contribution in [0.3, 0.4) is 0 Å². The molecular weight excluding hydrogens is 360 g/mol. The van der Waals surface area contributed by atoms with Crippen molar-refractivity contribution in [1.82, 2.24) is 0 Å². The van der Waals surface area contributed by atoms with Gasteiger partial charge >= 0.3 is 0 Å². The molecule has 0 saturated carbocycles. The van der Waals surface area contributed by atoms with Gasteiger partial charge in [0.25, 0.3) is 0 Å². The third-order valence-corrected chi connectivity index (χ3v) is 4.89. The SMILES string of the molecule is O=C1CC(c2ccc(O)cc2)Oc2cc(O)c(Cc3ccccc3O)c(O)c21. The summed E-state index contributed by atoms with van der Waals surface area (Å²) >= 11 is 0. The van der Waals surface area contributed by atoms with Crippen LogP contribution in [0, 0.1) is 0 Å². The summed E-state index contributed by atoms with van der Waals surface area (Å²) in [5.41, 5.74) is 1.40. The smallest absolute Gasteiger partial charge is 0.174 e. The zero-order valence-corrected chi connectivity index (χ0v) is 14.8. The lowest BCUT2D eigenvalue weighted by atomic mass is 9.92. The van der Waals surface area contributed by atoms with Gasteiger partial charge in [0.1, 0.15) is 40.4 Å². The maximum Gasteiger partial charge on any atom is 0.174 e. The van der Waals surface area contributed by atoms with Crippen molar-refractivity contribution in [2.75, 3.05) is 0 Å². The van der Waals surface area contributed by atoms with Crippen LogP contribution in [0.25, 0.3) is 0 Å². The first kappa shape index (κ1) is 17.7. The quantitative estimate of drug-likeness (QED) is 0.552. The van der Waals surface area contributed by atoms with E-state index >= 15 is 0 Å². The average Bonchev–Trinajstić information content (AvgIpc) is 2.66. The van der Waals surface area contributed by atoms with E-state index in [9.17, 15) is 25.2 Å². The Labute approximate surface area is 160 Å². The number of ketones is 1. The molecule has 1 aliphatic rings. The Morgan fingerprint density at radius 3 is 2.36 bits per heavy atom. The lowest BCUT2D eigenvalue weighted by Crippen LogP contribution is -2.21. The van der Waals surface area contributed by atoms with Gasteiger partial charge in [-0.25, -0.2) is 0 Å². The Hall–Kier alpha value is -3.67. The van der Waals surface area contributed by atoms with Gasteiger partial charge in [-0.15, -0.1) is 0 Å². The standard InChI is InChI=1S/C22H18O6/c23-14-7-5-12(6-8-14)19-11-18(26)21-20(28-19)10-17(25)15(22(21)27)9-13-3-1-2-4-16(13)24/h1-8,10,19,23-25,27H,9,11H2. The van der Waals surface area contributed by atoms with E-state index in [1.54, 1.807) is 30.3 Å². The average molecular weight is 378 g/mol. The number of hydrogen-bond acceptors (Lipinski definition) is 6. The Kier molecular flexibility index (Phi) is 4.31. The molecule has 3 aromatic rings. The first-order valence-corrected chi connectivity index (χ1v) is 8.77. The molecule has 0 spiro atoms. The second kappa shape index (κ2) is 6.81. The molecule has 0 radical (unpaired) electrons. The maximum atomic E-state index is 12.7. The number of rotatable bonds is 3. The Balaban J connectivity index is 1.71. The van der Waals surface area contributed by atoms with Crippen molar-refractivity contribution in [2.45, 2.75) is 18.9 Å². The van der Waals surface area contributed by atoms with E-state index in [-0.39, 0.29) is 58.5 Å². The summed E-state index contributed by atoms with van der Waals surface area (Å²) < 4.78 is 5.85. The van der Waals surface area contributed by atoms with Gasteiger partial charge in [0.15, 0.2) is 5.78 Å². The fourth-order valence-corrected chi connectivity index (χ4v) is 3.40. The van der Waals surface area contributed by atoms with Gasteiger partial charge in [0, 0.05) is 18.1 Å². The molecule has 4 N–H and O–H groups in total. The van der Waals surface area contributed by atoms with E-state index in [2.05, 4.69) is 0 Å². The van der Waals surface area contributed by atoms with Crippen LogP contribution in [0.5, 0.6) is 28.7 Å². The molecular formula is C22H18O6. The normalized spacial score (nSPS) is 15.7. The Morgan fingerprint density at radius 1 is 0.929 bits per heavy atom. The van der Waals surface area contributed by atoms with Crippen LogP contribution in [0.1, 0.15) is 39.6 Å². The van der Waals surface area contributed by atoms with Gasteiger partial charge in [0.05, 0.1) is 6.42 Å². The molecule has 0 amide bonds. The summed E-state index contributed by atoms with van der Waals surface area (Å²) in [6.45, 7) is 0. The third kappa shape index (κ3) is 3.09. The van der Waals surface area contributed by atoms with E-state index in [0.29, 0.717) is 11.1 Å². The molecule has 1 atom stereocenters. The van der Waals surface area contributed by atoms with Crippen molar-refractivity contribution < 1.29 is 30.0 Å². The molecule has 28 heavy (non-hydrogen) atoms. The number of Topliss-reactive ketones (excluding diaryl/α,β-unsaturated/α-hetero) is 1. The van der Waals surface area contributed by atoms with Gasteiger partial charge in [-0.3, -0.25) is 4.79 Å². The topological polar surface area (TPSA) is 107 Å². The van der Waals surface area contributed by atoms with Crippen molar-refractivity contribution >= 4 is 5.78 Å². The molecule has 1 unspecified atom stereocenters. The minimum atomic E-state index is -0.580. The minimum absolute atomic E-state index is 0.0200. The number of benzene rings is 3. The van der Waals surface area contributed by atoms with Crippen LogP contribution in [-0.4, -0.2) is 26.2 Å². The lowest BCUT2D eigenvalue weighted by Gasteiger charge is -2.27. The Morgan fingerprint density at radius 2 is 1.64 bits per heavy atom. The number of fused-ring (bicyclic) bond motifs is 1. The Bertz CT molecular complexity index is 1060. The fraction of sp³-hybridized carbons (Fsp3) is 0.136. The highest BCUT2D eigenvalue weighted by atomic mass is 16.5. The van der Waals surface area contributed by atoms with Crippen molar-refractivity contribution in [1.29, 1.82) is 0 Å². The van der Waals surface area contributed by atoms with E-state index in [0.717, 1.165) is 0 Å². The van der Waals surface area contributed by atoms with Gasteiger partial charge in [-0.1, -0.05) is 30.3 Å². The summed E-state index contributed by atoms with van der Waals surface area (Å²) in [6, 6.07) is 14.2. The molecule has 6 heteroatoms. The van der Waals surface area contributed by atoms with Crippen molar-refractivity contribution in [2.24, 2.45) is 0 Å². The molecule has 1 aliphatic heterocycles. The number of aromatic hydroxyl groups is 4. The van der Waals surface area contributed by atoms with Gasteiger partial charge in [-0.05, 0) is 29.3 Å². The predicted molar refractivity (Wildman–Crippen MR) is 101 cm³/mol. The molecule has 3 aromatic carbocycles. The molecule has 0 saturated heterocycles. The number of carbonyl (C=O) groups is 1. The van der Waals surface area contributed by atoms with Crippen LogP contribution >= 0.6 is 0 Å². The van der Waals surface area contributed by atoms with E-state index < -0.39 is 6.10 Å². The summed E-state index contributed by atoms with van der Waals surface area (Å²) in [4.78, 5) is 12.7. The first-order valence-electron chi connectivity index (χ1n) is 8.77. The molecule has 1 heterocycles. The monoisotopic (exact) mass is 378 g/mol. The highest BCUT2D eigenvalue weighted by Gasteiger charge is 2.32. The zero-order valence-electron chi connectivity index (χ0n) is 14.8. The third-order valence-electron chi connectivity index (χ3n) is 4.89. The number of phenols is 4. The molecule has 0 aliphatic carbocycles. The summed E-state index contributed by atoms with van der Waals surface area (Å²) in [6.07, 6.45) is -0.498. The molecule has 6 nitrogen and oxygen atoms in total. The summed E-state index contributed by atoms with van der Waals surface area (Å²) in [7, 11) is 0. The number of carbonyl (C=O) groups excluding carboxylic acids is 1. The van der Waals surface area contributed by atoms with Crippen LogP contribution in [0.2, 0.25) is 0 Å². The fourth-order valence-electron chi connectivity index (χ4n) is 3.40. The maximum absolute atomic E-state index is 12.7. The second-order valence-corrected chi connectivity index (χ2v) is 6.73. The number of para-hydroxylation sites is 1. The molecule has 0 fully saturated rings. The molecule has 4 rings (SSSR count). The van der Waals surface area contributed by atoms with E-state index in [1.165, 1.54) is 24.3 Å². The number of phenolic OH excluding ortho intramolecular Hbond substituents is 4. The highest BCUT2D eigenvalue weighted by molar-refractivity contribution is 6.03. The lowest BCUT2D eigenvalue weighted by molar-refractivity contribution is 0.0844. The van der Waals surface area contributed by atoms with Gasteiger partial charge in [0.2, 0.25) is 0 Å². The van der Waals surface area contributed by atoms with Crippen LogP contribution in [0.15, 0.2) is 54.6 Å². The predicted octanol–water partition coefficient (Wildman–Crippen LogP) is 3.81. The minimum Gasteiger partial charge on any atom is -0.508 e.